The van der Waals surface area contributed by atoms with Gasteiger partial charge < -0.3 is 5.32 Å². The Bertz CT molecular complexity index is 476. The second kappa shape index (κ2) is 6.50. The molecule has 0 fully saturated rings. The van der Waals surface area contributed by atoms with Gasteiger partial charge in [0.05, 0.1) is 6.42 Å². The number of nitrogens with one attached hydrogen (secondary N) is 1. The molecule has 0 saturated carbocycles. The summed E-state index contributed by atoms with van der Waals surface area (Å²) in [6, 6.07) is 5.97. The molecule has 3 nitrogen and oxygen atoms in total. The molecule has 19 heavy (non-hydrogen) atoms. The van der Waals surface area contributed by atoms with Crippen LogP contribution in [-0.2, 0) is 9.59 Å². The fourth-order valence-corrected chi connectivity index (χ4v) is 2.11. The number of Topliss-reactive ketones (excluding diaryl/α,β-unsaturated/α-hetero) is 1. The number of hydrogen-bond acceptors (Lipinski definition) is 2. The first-order valence-corrected chi connectivity index (χ1v) is 6.74. The van der Waals surface area contributed by atoms with Crippen molar-refractivity contribution in [2.45, 2.75) is 52.9 Å². The number of rotatable bonds is 5. The van der Waals surface area contributed by atoms with E-state index in [1.807, 2.05) is 12.1 Å². The highest BCUT2D eigenvalue weighted by Crippen LogP contribution is 2.28. The summed E-state index contributed by atoms with van der Waals surface area (Å²) in [6.07, 6.45) is -0.0665. The van der Waals surface area contributed by atoms with Gasteiger partial charge in [0.25, 0.3) is 0 Å². The zero-order chi connectivity index (χ0) is 14.6. The lowest BCUT2D eigenvalue weighted by Crippen LogP contribution is -2.15. The molecular weight excluding hydrogens is 238 g/mol. The van der Waals surface area contributed by atoms with Gasteiger partial charge in [-0.2, -0.15) is 0 Å². The Labute approximate surface area is 115 Å². The van der Waals surface area contributed by atoms with Crippen LogP contribution in [0.4, 0.5) is 5.69 Å². The third-order valence-electron chi connectivity index (χ3n) is 3.02. The van der Waals surface area contributed by atoms with Crippen LogP contribution in [-0.4, -0.2) is 11.7 Å². The maximum absolute atomic E-state index is 11.6. The van der Waals surface area contributed by atoms with Crippen LogP contribution in [0, 0.1) is 0 Å². The number of carbonyl (C=O) groups is 2. The van der Waals surface area contributed by atoms with Gasteiger partial charge in [-0.1, -0.05) is 33.8 Å². The largest absolute Gasteiger partial charge is 0.326 e. The van der Waals surface area contributed by atoms with E-state index in [2.05, 4.69) is 39.1 Å². The molecule has 104 valence electrons. The van der Waals surface area contributed by atoms with E-state index >= 15 is 0 Å². The van der Waals surface area contributed by atoms with Gasteiger partial charge in [-0.05, 0) is 42.0 Å². The molecule has 1 aromatic carbocycles. The van der Waals surface area contributed by atoms with Crippen molar-refractivity contribution in [3.8, 4) is 0 Å². The first-order valence-electron chi connectivity index (χ1n) is 6.74. The summed E-state index contributed by atoms with van der Waals surface area (Å²) < 4.78 is 0. The number of carbonyl (C=O) groups excluding carboxylic acids is 2. The molecule has 1 rings (SSSR count). The van der Waals surface area contributed by atoms with Crippen LogP contribution in [0.15, 0.2) is 18.2 Å². The number of benzene rings is 1. The van der Waals surface area contributed by atoms with E-state index in [1.54, 1.807) is 0 Å². The van der Waals surface area contributed by atoms with E-state index in [9.17, 15) is 9.59 Å². The van der Waals surface area contributed by atoms with Crippen molar-refractivity contribution in [3.63, 3.8) is 0 Å². The first kappa shape index (κ1) is 15.4. The van der Waals surface area contributed by atoms with Gasteiger partial charge in [-0.15, -0.1) is 0 Å². The van der Waals surface area contributed by atoms with Crippen LogP contribution in [0.25, 0.3) is 0 Å². The normalized spacial score (nSPS) is 10.9. The molecule has 0 atom stereocenters. The summed E-state index contributed by atoms with van der Waals surface area (Å²) in [7, 11) is 0. The molecular formula is C16H23NO2. The second-order valence-corrected chi connectivity index (χ2v) is 5.58. The lowest BCUT2D eigenvalue weighted by molar-refractivity contribution is -0.124. The van der Waals surface area contributed by atoms with Gasteiger partial charge >= 0.3 is 0 Å². The van der Waals surface area contributed by atoms with Gasteiger partial charge in [-0.3, -0.25) is 9.59 Å². The van der Waals surface area contributed by atoms with E-state index in [0.29, 0.717) is 11.8 Å². The maximum Gasteiger partial charge on any atom is 0.231 e. The van der Waals surface area contributed by atoms with Crippen molar-refractivity contribution in [2.24, 2.45) is 0 Å². The Morgan fingerprint density at radius 1 is 1.05 bits per heavy atom. The Morgan fingerprint density at radius 3 is 2.11 bits per heavy atom. The van der Waals surface area contributed by atoms with Gasteiger partial charge in [0, 0.05) is 5.69 Å². The summed E-state index contributed by atoms with van der Waals surface area (Å²) in [6.45, 7) is 10.0. The fraction of sp³-hybridized carbons (Fsp3) is 0.500. The molecule has 0 aliphatic heterocycles. The smallest absolute Gasteiger partial charge is 0.231 e. The molecule has 1 N–H and O–H groups in total. The Hall–Kier alpha value is -1.64. The van der Waals surface area contributed by atoms with E-state index < -0.39 is 0 Å². The van der Waals surface area contributed by atoms with Crippen LogP contribution < -0.4 is 5.32 Å². The minimum atomic E-state index is -0.250. The Balaban J connectivity index is 2.96. The lowest BCUT2D eigenvalue weighted by atomic mass is 9.90. The van der Waals surface area contributed by atoms with E-state index in [4.69, 9.17) is 0 Å². The summed E-state index contributed by atoms with van der Waals surface area (Å²) >= 11 is 0. The maximum atomic E-state index is 11.6. The Morgan fingerprint density at radius 2 is 1.63 bits per heavy atom. The molecule has 0 aliphatic rings. The monoisotopic (exact) mass is 261 g/mol. The SMILES string of the molecule is CC(=O)CC(=O)Nc1ccc(C(C)C)c(C(C)C)c1. The van der Waals surface area contributed by atoms with Gasteiger partial charge in [0.15, 0.2) is 0 Å². The molecule has 0 bridgehead atoms. The molecule has 0 saturated heterocycles. The highest BCUT2D eigenvalue weighted by molar-refractivity contribution is 6.03. The number of anilines is 1. The quantitative estimate of drug-likeness (QED) is 0.818. The highest BCUT2D eigenvalue weighted by Gasteiger charge is 2.12. The van der Waals surface area contributed by atoms with Crippen LogP contribution in [0.3, 0.4) is 0 Å². The Kier molecular flexibility index (Phi) is 5.28. The minimum Gasteiger partial charge on any atom is -0.326 e. The minimum absolute atomic E-state index is 0.0665. The molecule has 0 aromatic heterocycles. The topological polar surface area (TPSA) is 46.2 Å². The number of ketones is 1. The molecule has 0 heterocycles. The first-order chi connectivity index (χ1) is 8.81. The fourth-order valence-electron chi connectivity index (χ4n) is 2.11. The average molecular weight is 261 g/mol. The summed E-state index contributed by atoms with van der Waals surface area (Å²) in [4.78, 5) is 22.5. The van der Waals surface area contributed by atoms with Crippen molar-refractivity contribution < 1.29 is 9.59 Å². The van der Waals surface area contributed by atoms with Crippen molar-refractivity contribution in [1.29, 1.82) is 0 Å². The van der Waals surface area contributed by atoms with Crippen molar-refractivity contribution in [1.82, 2.24) is 0 Å². The average Bonchev–Trinajstić information content (AvgIpc) is 2.27. The number of amides is 1. The predicted octanol–water partition coefficient (Wildman–Crippen LogP) is 3.85. The van der Waals surface area contributed by atoms with Crippen molar-refractivity contribution in [2.75, 3.05) is 5.32 Å². The van der Waals surface area contributed by atoms with Gasteiger partial charge in [0.2, 0.25) is 5.91 Å². The van der Waals surface area contributed by atoms with Crippen molar-refractivity contribution in [3.05, 3.63) is 29.3 Å². The summed E-state index contributed by atoms with van der Waals surface area (Å²) in [5, 5.41) is 2.77. The molecule has 0 aliphatic carbocycles. The molecule has 0 radical (unpaired) electrons. The van der Waals surface area contributed by atoms with Gasteiger partial charge in [0.1, 0.15) is 5.78 Å². The van der Waals surface area contributed by atoms with Gasteiger partial charge in [-0.25, -0.2) is 0 Å². The van der Waals surface area contributed by atoms with E-state index in [1.165, 1.54) is 18.1 Å². The third kappa shape index (κ3) is 4.51. The number of hydrogen-bond donors (Lipinski definition) is 1. The second-order valence-electron chi connectivity index (χ2n) is 5.58. The zero-order valence-electron chi connectivity index (χ0n) is 12.4. The van der Waals surface area contributed by atoms with Crippen LogP contribution in [0.1, 0.15) is 64.0 Å². The summed E-state index contributed by atoms with van der Waals surface area (Å²) in [5.74, 6) is 0.487. The van der Waals surface area contributed by atoms with Crippen LogP contribution in [0.5, 0.6) is 0 Å². The highest BCUT2D eigenvalue weighted by atomic mass is 16.2. The van der Waals surface area contributed by atoms with Crippen molar-refractivity contribution >= 4 is 17.4 Å². The van der Waals surface area contributed by atoms with Crippen LogP contribution >= 0.6 is 0 Å². The van der Waals surface area contributed by atoms with E-state index in [-0.39, 0.29) is 18.1 Å². The summed E-state index contributed by atoms with van der Waals surface area (Å²) in [5.41, 5.74) is 3.31. The molecule has 1 amide bonds. The standard InChI is InChI=1S/C16H23NO2/c1-10(2)14-7-6-13(9-15(14)11(3)4)17-16(19)8-12(5)18/h6-7,9-11H,8H2,1-5H3,(H,17,19). The van der Waals surface area contributed by atoms with Crippen LogP contribution in [0.2, 0.25) is 0 Å². The molecule has 1 aromatic rings. The third-order valence-corrected chi connectivity index (χ3v) is 3.02. The van der Waals surface area contributed by atoms with E-state index in [0.717, 1.165) is 5.69 Å². The predicted molar refractivity (Wildman–Crippen MR) is 78.5 cm³/mol. The molecule has 0 unspecified atom stereocenters. The molecule has 3 heteroatoms. The molecule has 0 spiro atoms. The lowest BCUT2D eigenvalue weighted by Gasteiger charge is -2.17. The zero-order valence-corrected chi connectivity index (χ0v) is 12.4.